The van der Waals surface area contributed by atoms with Crippen LogP contribution in [0.1, 0.15) is 31.3 Å². The van der Waals surface area contributed by atoms with Crippen molar-refractivity contribution in [3.05, 3.63) is 70.2 Å². The monoisotopic (exact) mass is 435 g/mol. The Labute approximate surface area is 164 Å². The quantitative estimate of drug-likeness (QED) is 0.450. The van der Waals surface area contributed by atoms with Gasteiger partial charge in [-0.2, -0.15) is 0 Å². The standard InChI is InChI=1S/C19H19BrFN3OS/c1-3-24-18(13(2)25-17-9-7-15(20)8-10-17)22-23-19(24)26-12-14-5-4-6-16(21)11-14/h4-11,13H,3,12H2,1-2H3. The Morgan fingerprint density at radius 1 is 1.19 bits per heavy atom. The minimum absolute atomic E-state index is 0.225. The van der Waals surface area contributed by atoms with Gasteiger partial charge in [0.1, 0.15) is 11.6 Å². The lowest BCUT2D eigenvalue weighted by atomic mass is 10.2. The Morgan fingerprint density at radius 3 is 2.65 bits per heavy atom. The van der Waals surface area contributed by atoms with E-state index in [1.165, 1.54) is 6.07 Å². The lowest BCUT2D eigenvalue weighted by Gasteiger charge is -2.15. The third-order valence-corrected chi connectivity index (χ3v) is 5.38. The molecule has 0 aliphatic rings. The molecule has 0 aliphatic carbocycles. The highest BCUT2D eigenvalue weighted by atomic mass is 79.9. The fraction of sp³-hybridized carbons (Fsp3) is 0.263. The highest BCUT2D eigenvalue weighted by molar-refractivity contribution is 9.10. The van der Waals surface area contributed by atoms with Crippen LogP contribution < -0.4 is 4.74 Å². The second kappa shape index (κ2) is 8.68. The molecule has 26 heavy (non-hydrogen) atoms. The number of nitrogens with zero attached hydrogens (tertiary/aromatic N) is 3. The third kappa shape index (κ3) is 4.65. The summed E-state index contributed by atoms with van der Waals surface area (Å²) in [5, 5.41) is 9.41. The summed E-state index contributed by atoms with van der Waals surface area (Å²) in [4.78, 5) is 0. The summed E-state index contributed by atoms with van der Waals surface area (Å²) in [5.41, 5.74) is 0.918. The normalized spacial score (nSPS) is 12.2. The maximum atomic E-state index is 13.3. The molecule has 7 heteroatoms. The Kier molecular flexibility index (Phi) is 6.32. The molecule has 2 aromatic carbocycles. The summed E-state index contributed by atoms with van der Waals surface area (Å²) in [7, 11) is 0. The van der Waals surface area contributed by atoms with E-state index >= 15 is 0 Å². The first-order valence-corrected chi connectivity index (χ1v) is 10.1. The van der Waals surface area contributed by atoms with Crippen LogP contribution in [0.3, 0.4) is 0 Å². The van der Waals surface area contributed by atoms with Crippen molar-refractivity contribution in [2.45, 2.75) is 37.4 Å². The Balaban J connectivity index is 1.71. The van der Waals surface area contributed by atoms with Gasteiger partial charge >= 0.3 is 0 Å². The highest BCUT2D eigenvalue weighted by Gasteiger charge is 2.18. The topological polar surface area (TPSA) is 39.9 Å². The van der Waals surface area contributed by atoms with Crippen molar-refractivity contribution < 1.29 is 9.13 Å². The molecule has 0 N–H and O–H groups in total. The van der Waals surface area contributed by atoms with Gasteiger partial charge < -0.3 is 9.30 Å². The van der Waals surface area contributed by atoms with Crippen LogP contribution in [0, 0.1) is 5.82 Å². The average molecular weight is 436 g/mol. The summed E-state index contributed by atoms with van der Waals surface area (Å²) < 4.78 is 22.3. The molecule has 0 spiro atoms. The number of benzene rings is 2. The van der Waals surface area contributed by atoms with Crippen LogP contribution in [-0.4, -0.2) is 14.8 Å². The lowest BCUT2D eigenvalue weighted by Crippen LogP contribution is -2.11. The largest absolute Gasteiger partial charge is 0.483 e. The van der Waals surface area contributed by atoms with E-state index in [0.29, 0.717) is 5.75 Å². The first-order valence-electron chi connectivity index (χ1n) is 8.29. The number of halogens is 2. The van der Waals surface area contributed by atoms with Crippen LogP contribution in [0.2, 0.25) is 0 Å². The van der Waals surface area contributed by atoms with E-state index in [9.17, 15) is 4.39 Å². The third-order valence-electron chi connectivity index (χ3n) is 3.81. The van der Waals surface area contributed by atoms with Crippen LogP contribution >= 0.6 is 27.7 Å². The van der Waals surface area contributed by atoms with Crippen LogP contribution in [0.4, 0.5) is 4.39 Å². The van der Waals surface area contributed by atoms with Crippen molar-refractivity contribution in [2.24, 2.45) is 0 Å². The van der Waals surface area contributed by atoms with Crippen LogP contribution in [0.15, 0.2) is 58.2 Å². The molecule has 0 amide bonds. The molecule has 0 radical (unpaired) electrons. The molecule has 3 rings (SSSR count). The van der Waals surface area contributed by atoms with Gasteiger partial charge in [0, 0.05) is 16.8 Å². The van der Waals surface area contributed by atoms with E-state index in [1.807, 2.05) is 48.7 Å². The number of ether oxygens (including phenoxy) is 1. The van der Waals surface area contributed by atoms with E-state index in [1.54, 1.807) is 23.9 Å². The molecule has 1 atom stereocenters. The molecule has 0 fully saturated rings. The predicted octanol–water partition coefficient (Wildman–Crippen LogP) is 5.63. The zero-order valence-electron chi connectivity index (χ0n) is 14.5. The van der Waals surface area contributed by atoms with Gasteiger partial charge in [0.05, 0.1) is 0 Å². The van der Waals surface area contributed by atoms with Gasteiger partial charge in [-0.1, -0.05) is 39.8 Å². The molecule has 1 heterocycles. The highest BCUT2D eigenvalue weighted by Crippen LogP contribution is 2.27. The lowest BCUT2D eigenvalue weighted by molar-refractivity contribution is 0.210. The van der Waals surface area contributed by atoms with Gasteiger partial charge in [-0.15, -0.1) is 10.2 Å². The summed E-state index contributed by atoms with van der Waals surface area (Å²) in [6.07, 6.45) is -0.229. The number of rotatable bonds is 7. The van der Waals surface area contributed by atoms with Crippen LogP contribution in [0.25, 0.3) is 0 Å². The van der Waals surface area contributed by atoms with Gasteiger partial charge in [0.15, 0.2) is 17.1 Å². The molecule has 0 saturated heterocycles. The second-order valence-corrected chi connectivity index (χ2v) is 7.58. The Morgan fingerprint density at radius 2 is 1.96 bits per heavy atom. The number of hydrogen-bond acceptors (Lipinski definition) is 4. The van der Waals surface area contributed by atoms with Gasteiger partial charge in [0.25, 0.3) is 0 Å². The van der Waals surface area contributed by atoms with E-state index in [-0.39, 0.29) is 11.9 Å². The molecular formula is C19H19BrFN3OS. The molecule has 0 bridgehead atoms. The number of aromatic nitrogens is 3. The van der Waals surface area contributed by atoms with Crippen LogP contribution in [0.5, 0.6) is 5.75 Å². The van der Waals surface area contributed by atoms with Crippen molar-refractivity contribution >= 4 is 27.7 Å². The summed E-state index contributed by atoms with van der Waals surface area (Å²) in [6, 6.07) is 14.3. The number of thioether (sulfide) groups is 1. The van der Waals surface area contributed by atoms with Gasteiger partial charge in [0.2, 0.25) is 0 Å². The zero-order valence-corrected chi connectivity index (χ0v) is 16.9. The summed E-state index contributed by atoms with van der Waals surface area (Å²) in [6.45, 7) is 4.74. The number of hydrogen-bond donors (Lipinski definition) is 0. The van der Waals surface area contributed by atoms with Gasteiger partial charge in [-0.05, 0) is 55.8 Å². The van der Waals surface area contributed by atoms with Crippen LogP contribution in [-0.2, 0) is 12.3 Å². The minimum Gasteiger partial charge on any atom is -0.483 e. The van der Waals surface area contributed by atoms with Gasteiger partial charge in [-0.25, -0.2) is 4.39 Å². The van der Waals surface area contributed by atoms with Crippen molar-refractivity contribution in [3.8, 4) is 5.75 Å². The molecule has 136 valence electrons. The first-order chi connectivity index (χ1) is 12.6. The van der Waals surface area contributed by atoms with E-state index in [0.717, 1.165) is 33.3 Å². The zero-order chi connectivity index (χ0) is 18.5. The fourth-order valence-corrected chi connectivity index (χ4v) is 3.77. The maximum absolute atomic E-state index is 13.3. The van der Waals surface area contributed by atoms with Crippen molar-refractivity contribution in [3.63, 3.8) is 0 Å². The van der Waals surface area contributed by atoms with Crippen molar-refractivity contribution in [2.75, 3.05) is 0 Å². The van der Waals surface area contributed by atoms with E-state index in [2.05, 4.69) is 26.1 Å². The fourth-order valence-electron chi connectivity index (χ4n) is 2.55. The van der Waals surface area contributed by atoms with Crippen molar-refractivity contribution in [1.29, 1.82) is 0 Å². The van der Waals surface area contributed by atoms with Crippen molar-refractivity contribution in [1.82, 2.24) is 14.8 Å². The first kappa shape index (κ1) is 18.9. The molecule has 0 aliphatic heterocycles. The molecule has 4 nitrogen and oxygen atoms in total. The second-order valence-electron chi connectivity index (χ2n) is 5.72. The maximum Gasteiger partial charge on any atom is 0.191 e. The summed E-state index contributed by atoms with van der Waals surface area (Å²) >= 11 is 4.96. The van der Waals surface area contributed by atoms with Gasteiger partial charge in [-0.3, -0.25) is 0 Å². The van der Waals surface area contributed by atoms with E-state index < -0.39 is 0 Å². The molecule has 1 aromatic heterocycles. The van der Waals surface area contributed by atoms with E-state index in [4.69, 9.17) is 4.74 Å². The molecular weight excluding hydrogens is 417 g/mol. The average Bonchev–Trinajstić information content (AvgIpc) is 3.05. The predicted molar refractivity (Wildman–Crippen MR) is 105 cm³/mol. The Bertz CT molecular complexity index is 869. The SMILES string of the molecule is CCn1c(SCc2cccc(F)c2)nnc1C(C)Oc1ccc(Br)cc1. The minimum atomic E-state index is -0.229. The molecule has 1 unspecified atom stereocenters. The molecule has 0 saturated carbocycles. The Hall–Kier alpha value is -1.86. The summed E-state index contributed by atoms with van der Waals surface area (Å²) in [5.74, 6) is 1.97. The molecule has 3 aromatic rings. The smallest absolute Gasteiger partial charge is 0.191 e.